The minimum absolute atomic E-state index is 0.0587. The summed E-state index contributed by atoms with van der Waals surface area (Å²) < 4.78 is 12.6. The van der Waals surface area contributed by atoms with Crippen LogP contribution in [-0.2, 0) is 9.31 Å². The van der Waals surface area contributed by atoms with Gasteiger partial charge in [-0.15, -0.1) is 0 Å². The van der Waals surface area contributed by atoms with Gasteiger partial charge in [0.05, 0.1) is 11.2 Å². The number of rotatable bonds is 6. The lowest BCUT2D eigenvalue weighted by molar-refractivity contribution is 0.00578. The van der Waals surface area contributed by atoms with Gasteiger partial charge in [-0.05, 0) is 73.5 Å². The van der Waals surface area contributed by atoms with Gasteiger partial charge in [0.1, 0.15) is 0 Å². The maximum atomic E-state index is 12.0. The molecule has 0 unspecified atom stereocenters. The maximum Gasteiger partial charge on any atom is 0.494 e. The molecule has 3 nitrogen and oxygen atoms in total. The highest BCUT2D eigenvalue weighted by atomic mass is 16.7. The second-order valence-corrected chi connectivity index (χ2v) is 10.8. The van der Waals surface area contributed by atoms with Gasteiger partial charge in [0.15, 0.2) is 5.78 Å². The van der Waals surface area contributed by atoms with E-state index in [1.807, 2.05) is 36.4 Å². The highest BCUT2D eigenvalue weighted by molar-refractivity contribution is 6.62. The molecule has 0 atom stereocenters. The van der Waals surface area contributed by atoms with E-state index in [4.69, 9.17) is 9.31 Å². The van der Waals surface area contributed by atoms with Crippen LogP contribution in [-0.4, -0.2) is 24.1 Å². The van der Waals surface area contributed by atoms with Gasteiger partial charge in [-0.1, -0.05) is 109 Å². The zero-order valence-electron chi connectivity index (χ0n) is 22.7. The van der Waals surface area contributed by atoms with Gasteiger partial charge >= 0.3 is 7.12 Å². The first kappa shape index (κ1) is 25.9. The largest absolute Gasteiger partial charge is 0.494 e. The maximum absolute atomic E-state index is 12.0. The van der Waals surface area contributed by atoms with Crippen molar-refractivity contribution in [3.63, 3.8) is 0 Å². The standard InChI is InChI=1S/C34H33BO3/c1-24(36)25-16-18-28(19-17-25)31(26-12-8-6-9-13-26)32(27-14-10-7-11-15-27)29-20-22-30(23-21-29)35-37-33(2,3)34(4,5)38-35/h6-23H,1-5H3. The van der Waals surface area contributed by atoms with Crippen LogP contribution in [0.2, 0.25) is 0 Å². The Morgan fingerprint density at radius 3 is 1.26 bits per heavy atom. The molecule has 0 saturated carbocycles. The second kappa shape index (κ2) is 10.2. The summed E-state index contributed by atoms with van der Waals surface area (Å²) in [6, 6.07) is 37.3. The van der Waals surface area contributed by atoms with Crippen LogP contribution in [0.15, 0.2) is 109 Å². The summed E-state index contributed by atoms with van der Waals surface area (Å²) in [5.41, 5.74) is 7.50. The van der Waals surface area contributed by atoms with Gasteiger partial charge in [-0.2, -0.15) is 0 Å². The van der Waals surface area contributed by atoms with Crippen molar-refractivity contribution in [2.24, 2.45) is 0 Å². The summed E-state index contributed by atoms with van der Waals surface area (Å²) in [6.07, 6.45) is 0. The van der Waals surface area contributed by atoms with Gasteiger partial charge in [0.25, 0.3) is 0 Å². The lowest BCUT2D eigenvalue weighted by Gasteiger charge is -2.32. The van der Waals surface area contributed by atoms with Crippen LogP contribution in [0.25, 0.3) is 11.1 Å². The Balaban J connectivity index is 1.67. The van der Waals surface area contributed by atoms with E-state index in [-0.39, 0.29) is 5.78 Å². The Morgan fingerprint density at radius 2 is 0.868 bits per heavy atom. The van der Waals surface area contributed by atoms with E-state index < -0.39 is 18.3 Å². The van der Waals surface area contributed by atoms with E-state index in [1.165, 1.54) is 0 Å². The summed E-state index contributed by atoms with van der Waals surface area (Å²) in [5.74, 6) is 0.0587. The zero-order chi connectivity index (χ0) is 26.9. The smallest absolute Gasteiger partial charge is 0.399 e. The van der Waals surface area contributed by atoms with Gasteiger partial charge in [-0.3, -0.25) is 4.79 Å². The molecule has 1 aliphatic heterocycles. The van der Waals surface area contributed by atoms with Gasteiger partial charge < -0.3 is 9.31 Å². The summed E-state index contributed by atoms with van der Waals surface area (Å²) in [4.78, 5) is 12.0. The summed E-state index contributed by atoms with van der Waals surface area (Å²) in [5, 5.41) is 0. The molecular weight excluding hydrogens is 467 g/mol. The molecule has 0 aromatic heterocycles. The number of carbonyl (C=O) groups is 1. The molecule has 4 heteroatoms. The summed E-state index contributed by atoms with van der Waals surface area (Å²) >= 11 is 0. The minimum atomic E-state index is -0.411. The number of ketones is 1. The van der Waals surface area contributed by atoms with Crippen LogP contribution in [0, 0.1) is 0 Å². The fraction of sp³-hybridized carbons (Fsp3) is 0.206. The first-order chi connectivity index (χ1) is 18.2. The quantitative estimate of drug-likeness (QED) is 0.160. The van der Waals surface area contributed by atoms with Crippen LogP contribution in [0.4, 0.5) is 0 Å². The first-order valence-corrected chi connectivity index (χ1v) is 13.1. The topological polar surface area (TPSA) is 35.5 Å². The molecule has 0 radical (unpaired) electrons. The fourth-order valence-electron chi connectivity index (χ4n) is 4.78. The average molecular weight is 500 g/mol. The van der Waals surface area contributed by atoms with E-state index in [1.54, 1.807) is 6.92 Å². The third-order valence-electron chi connectivity index (χ3n) is 7.68. The molecule has 4 aromatic rings. The molecule has 0 amide bonds. The SMILES string of the molecule is CC(=O)c1ccc(C(=C(c2ccccc2)c2ccc(B3OC(C)(C)C(C)(C)O3)cc2)c2ccccc2)cc1. The van der Waals surface area contributed by atoms with E-state index in [0.717, 1.165) is 38.9 Å². The molecule has 0 N–H and O–H groups in total. The second-order valence-electron chi connectivity index (χ2n) is 10.8. The summed E-state index contributed by atoms with van der Waals surface area (Å²) in [7, 11) is -0.411. The third-order valence-corrected chi connectivity index (χ3v) is 7.68. The number of Topliss-reactive ketones (excluding diaryl/α,β-unsaturated/α-hetero) is 1. The monoisotopic (exact) mass is 500 g/mol. The predicted molar refractivity (Wildman–Crippen MR) is 157 cm³/mol. The Kier molecular flexibility index (Phi) is 6.96. The molecule has 1 aliphatic rings. The number of hydrogen-bond acceptors (Lipinski definition) is 3. The Hall–Kier alpha value is -3.73. The molecule has 4 aromatic carbocycles. The van der Waals surface area contributed by atoms with Crippen LogP contribution < -0.4 is 5.46 Å². The number of carbonyl (C=O) groups excluding carboxylic acids is 1. The minimum Gasteiger partial charge on any atom is -0.399 e. The zero-order valence-corrected chi connectivity index (χ0v) is 22.7. The van der Waals surface area contributed by atoms with E-state index in [9.17, 15) is 4.79 Å². The van der Waals surface area contributed by atoms with Crippen molar-refractivity contribution in [3.05, 3.63) is 137 Å². The molecule has 5 rings (SSSR count). The van der Waals surface area contributed by atoms with E-state index in [0.29, 0.717) is 5.56 Å². The molecule has 0 spiro atoms. The Labute approximate surface area is 226 Å². The van der Waals surface area contributed by atoms with Gasteiger partial charge in [0.2, 0.25) is 0 Å². The Bertz CT molecular complexity index is 1440. The van der Waals surface area contributed by atoms with Crippen molar-refractivity contribution in [3.8, 4) is 0 Å². The van der Waals surface area contributed by atoms with Crippen molar-refractivity contribution in [2.75, 3.05) is 0 Å². The third kappa shape index (κ3) is 5.02. The van der Waals surface area contributed by atoms with Gasteiger partial charge in [0, 0.05) is 5.56 Å². The Morgan fingerprint density at radius 1 is 0.526 bits per heavy atom. The number of hydrogen-bond donors (Lipinski definition) is 0. The highest BCUT2D eigenvalue weighted by Crippen LogP contribution is 2.38. The lowest BCUT2D eigenvalue weighted by Crippen LogP contribution is -2.41. The fourth-order valence-corrected chi connectivity index (χ4v) is 4.78. The molecule has 1 heterocycles. The molecule has 0 aliphatic carbocycles. The predicted octanol–water partition coefficient (Wildman–Crippen LogP) is 7.20. The van der Waals surface area contributed by atoms with E-state index in [2.05, 4.69) is 100 Å². The van der Waals surface area contributed by atoms with Gasteiger partial charge in [-0.25, -0.2) is 0 Å². The highest BCUT2D eigenvalue weighted by Gasteiger charge is 2.51. The van der Waals surface area contributed by atoms with Crippen LogP contribution in [0.1, 0.15) is 67.2 Å². The van der Waals surface area contributed by atoms with Crippen molar-refractivity contribution in [1.82, 2.24) is 0 Å². The first-order valence-electron chi connectivity index (χ1n) is 13.1. The molecular formula is C34H33BO3. The van der Waals surface area contributed by atoms with Crippen LogP contribution in [0.3, 0.4) is 0 Å². The van der Waals surface area contributed by atoms with Crippen LogP contribution in [0.5, 0.6) is 0 Å². The summed E-state index contributed by atoms with van der Waals surface area (Å²) in [6.45, 7) is 9.88. The molecule has 38 heavy (non-hydrogen) atoms. The average Bonchev–Trinajstić information content (AvgIpc) is 3.15. The normalized spacial score (nSPS) is 16.7. The lowest BCUT2D eigenvalue weighted by atomic mass is 9.77. The molecule has 0 bridgehead atoms. The van der Waals surface area contributed by atoms with Crippen LogP contribution >= 0.6 is 0 Å². The van der Waals surface area contributed by atoms with Crippen molar-refractivity contribution < 1.29 is 14.1 Å². The molecule has 1 saturated heterocycles. The van der Waals surface area contributed by atoms with Crippen molar-refractivity contribution >= 4 is 29.5 Å². The number of benzene rings is 4. The van der Waals surface area contributed by atoms with Crippen molar-refractivity contribution in [1.29, 1.82) is 0 Å². The molecule has 190 valence electrons. The van der Waals surface area contributed by atoms with E-state index >= 15 is 0 Å². The van der Waals surface area contributed by atoms with Crippen molar-refractivity contribution in [2.45, 2.75) is 45.8 Å². The molecule has 1 fully saturated rings.